The van der Waals surface area contributed by atoms with Crippen molar-refractivity contribution in [2.45, 2.75) is 6.42 Å². The normalized spacial score (nSPS) is 9.64. The van der Waals surface area contributed by atoms with Gasteiger partial charge in [0, 0.05) is 18.0 Å². The van der Waals surface area contributed by atoms with Crippen molar-refractivity contribution in [3.05, 3.63) is 22.4 Å². The van der Waals surface area contributed by atoms with Crippen LogP contribution in [0.3, 0.4) is 0 Å². The van der Waals surface area contributed by atoms with E-state index in [9.17, 15) is 4.79 Å². The van der Waals surface area contributed by atoms with Crippen LogP contribution in [0.4, 0.5) is 0 Å². The molecule has 0 N–H and O–H groups in total. The molecule has 1 rings (SSSR count). The highest BCUT2D eigenvalue weighted by atomic mass is 79.9. The van der Waals surface area contributed by atoms with Gasteiger partial charge in [-0.15, -0.1) is 0 Å². The van der Waals surface area contributed by atoms with E-state index in [2.05, 4.69) is 25.7 Å². The van der Waals surface area contributed by atoms with Crippen molar-refractivity contribution < 1.29 is 14.3 Å². The average molecular weight is 260 g/mol. The summed E-state index contributed by atoms with van der Waals surface area (Å²) in [5.74, 6) is 0.300. The Balaban J connectivity index is 2.96. The third kappa shape index (κ3) is 2.45. The minimum atomic E-state index is -0.316. The molecule has 0 saturated heterocycles. The topological polar surface area (TPSA) is 48.4 Å². The Hall–Kier alpha value is -1.10. The second kappa shape index (κ2) is 4.95. The van der Waals surface area contributed by atoms with E-state index in [1.807, 2.05) is 0 Å². The van der Waals surface area contributed by atoms with Crippen molar-refractivity contribution >= 4 is 21.9 Å². The van der Waals surface area contributed by atoms with Gasteiger partial charge in [0.05, 0.1) is 25.1 Å². The molecule has 76 valence electrons. The van der Waals surface area contributed by atoms with E-state index in [1.54, 1.807) is 19.5 Å². The molecule has 5 heteroatoms. The lowest BCUT2D eigenvalue weighted by molar-refractivity contribution is -0.139. The quantitative estimate of drug-likeness (QED) is 0.774. The molecule has 14 heavy (non-hydrogen) atoms. The van der Waals surface area contributed by atoms with E-state index in [0.29, 0.717) is 11.3 Å². The molecular weight excluding hydrogens is 250 g/mol. The van der Waals surface area contributed by atoms with E-state index in [-0.39, 0.29) is 12.4 Å². The standard InChI is InChI=1S/C9H10BrNO3/c1-13-8(12)3-6-4-11-5-7(10)9(6)14-2/h4-5H,3H2,1-2H3. The largest absolute Gasteiger partial charge is 0.495 e. The van der Waals surface area contributed by atoms with Gasteiger partial charge in [-0.3, -0.25) is 9.78 Å². The van der Waals surface area contributed by atoms with Gasteiger partial charge in [0.15, 0.2) is 0 Å². The molecule has 0 aliphatic heterocycles. The van der Waals surface area contributed by atoms with E-state index in [1.165, 1.54) is 7.11 Å². The van der Waals surface area contributed by atoms with Crippen molar-refractivity contribution in [2.75, 3.05) is 14.2 Å². The van der Waals surface area contributed by atoms with Crippen LogP contribution >= 0.6 is 15.9 Å². The third-order valence-corrected chi connectivity index (χ3v) is 2.26. The Labute approximate surface area is 90.4 Å². The Morgan fingerprint density at radius 1 is 1.50 bits per heavy atom. The first-order valence-corrected chi connectivity index (χ1v) is 4.71. The van der Waals surface area contributed by atoms with Crippen molar-refractivity contribution in [3.63, 3.8) is 0 Å². The molecule has 4 nitrogen and oxygen atoms in total. The van der Waals surface area contributed by atoms with Crippen molar-refractivity contribution in [1.29, 1.82) is 0 Å². The van der Waals surface area contributed by atoms with Crippen LogP contribution in [0.15, 0.2) is 16.9 Å². The fraction of sp³-hybridized carbons (Fsp3) is 0.333. The predicted molar refractivity (Wildman–Crippen MR) is 54.2 cm³/mol. The Morgan fingerprint density at radius 2 is 2.21 bits per heavy atom. The van der Waals surface area contributed by atoms with Crippen LogP contribution in [-0.4, -0.2) is 25.2 Å². The highest BCUT2D eigenvalue weighted by Crippen LogP contribution is 2.27. The monoisotopic (exact) mass is 259 g/mol. The second-order valence-corrected chi connectivity index (χ2v) is 3.42. The number of rotatable bonds is 3. The highest BCUT2D eigenvalue weighted by Gasteiger charge is 2.11. The van der Waals surface area contributed by atoms with Gasteiger partial charge in [-0.2, -0.15) is 0 Å². The van der Waals surface area contributed by atoms with Gasteiger partial charge in [-0.25, -0.2) is 0 Å². The Kier molecular flexibility index (Phi) is 3.88. The molecular formula is C9H10BrNO3. The number of methoxy groups -OCH3 is 2. The maximum atomic E-state index is 11.0. The lowest BCUT2D eigenvalue weighted by atomic mass is 10.2. The molecule has 1 aromatic rings. The van der Waals surface area contributed by atoms with Gasteiger partial charge < -0.3 is 9.47 Å². The molecule has 0 saturated carbocycles. The summed E-state index contributed by atoms with van der Waals surface area (Å²) < 4.78 is 10.4. The number of esters is 1. The lowest BCUT2D eigenvalue weighted by Gasteiger charge is -2.08. The van der Waals surface area contributed by atoms with Gasteiger partial charge in [-0.1, -0.05) is 0 Å². The molecule has 0 aromatic carbocycles. The number of pyridine rings is 1. The molecule has 0 bridgehead atoms. The zero-order chi connectivity index (χ0) is 10.6. The van der Waals surface area contributed by atoms with Crippen LogP contribution in [0.25, 0.3) is 0 Å². The number of carbonyl (C=O) groups excluding carboxylic acids is 1. The molecule has 0 amide bonds. The minimum absolute atomic E-state index is 0.159. The van der Waals surface area contributed by atoms with Crippen LogP contribution in [0.5, 0.6) is 5.75 Å². The minimum Gasteiger partial charge on any atom is -0.495 e. The molecule has 0 spiro atoms. The molecule has 0 atom stereocenters. The Morgan fingerprint density at radius 3 is 2.79 bits per heavy atom. The predicted octanol–water partition coefficient (Wildman–Crippen LogP) is 1.57. The fourth-order valence-corrected chi connectivity index (χ4v) is 1.58. The molecule has 0 radical (unpaired) electrons. The van der Waals surface area contributed by atoms with Crippen LogP contribution in [0, 0.1) is 0 Å². The Bertz CT molecular complexity index is 341. The van der Waals surface area contributed by atoms with Crippen LogP contribution in [0.2, 0.25) is 0 Å². The summed E-state index contributed by atoms with van der Waals surface area (Å²) in [5, 5.41) is 0. The van der Waals surface area contributed by atoms with Gasteiger partial charge in [0.2, 0.25) is 0 Å². The molecule has 1 heterocycles. The maximum absolute atomic E-state index is 11.0. The summed E-state index contributed by atoms with van der Waals surface area (Å²) in [6.45, 7) is 0. The van der Waals surface area contributed by atoms with Crippen LogP contribution < -0.4 is 4.74 Å². The number of aromatic nitrogens is 1. The smallest absolute Gasteiger partial charge is 0.310 e. The summed E-state index contributed by atoms with van der Waals surface area (Å²) in [6, 6.07) is 0. The average Bonchev–Trinajstić information content (AvgIpc) is 2.18. The van der Waals surface area contributed by atoms with E-state index < -0.39 is 0 Å². The van der Waals surface area contributed by atoms with Gasteiger partial charge in [-0.05, 0) is 15.9 Å². The van der Waals surface area contributed by atoms with Crippen LogP contribution in [-0.2, 0) is 16.0 Å². The summed E-state index contributed by atoms with van der Waals surface area (Å²) >= 11 is 3.28. The molecule has 1 aromatic heterocycles. The van der Waals surface area contributed by atoms with Crippen molar-refractivity contribution in [1.82, 2.24) is 4.98 Å². The van der Waals surface area contributed by atoms with Crippen LogP contribution in [0.1, 0.15) is 5.56 Å². The van der Waals surface area contributed by atoms with Gasteiger partial charge >= 0.3 is 5.97 Å². The number of nitrogens with zero attached hydrogens (tertiary/aromatic N) is 1. The lowest BCUT2D eigenvalue weighted by Crippen LogP contribution is -2.06. The number of carbonyl (C=O) groups is 1. The second-order valence-electron chi connectivity index (χ2n) is 2.57. The summed E-state index contributed by atoms with van der Waals surface area (Å²) in [4.78, 5) is 15.0. The number of hydrogen-bond donors (Lipinski definition) is 0. The fourth-order valence-electron chi connectivity index (χ4n) is 1.05. The number of hydrogen-bond acceptors (Lipinski definition) is 4. The molecule has 0 fully saturated rings. The first-order chi connectivity index (χ1) is 6.69. The van der Waals surface area contributed by atoms with E-state index in [4.69, 9.17) is 4.74 Å². The number of halogens is 1. The van der Waals surface area contributed by atoms with Crippen molar-refractivity contribution in [3.8, 4) is 5.75 Å². The maximum Gasteiger partial charge on any atom is 0.310 e. The van der Waals surface area contributed by atoms with Crippen molar-refractivity contribution in [2.24, 2.45) is 0 Å². The first kappa shape index (κ1) is 11.0. The SMILES string of the molecule is COC(=O)Cc1cncc(Br)c1OC. The third-order valence-electron chi connectivity index (χ3n) is 1.69. The van der Waals surface area contributed by atoms with E-state index in [0.717, 1.165) is 4.47 Å². The van der Waals surface area contributed by atoms with E-state index >= 15 is 0 Å². The molecule has 0 unspecified atom stereocenters. The summed E-state index contributed by atoms with van der Waals surface area (Å²) in [6.07, 6.45) is 3.35. The highest BCUT2D eigenvalue weighted by molar-refractivity contribution is 9.10. The molecule has 0 aliphatic rings. The van der Waals surface area contributed by atoms with Gasteiger partial charge in [0.25, 0.3) is 0 Å². The first-order valence-electron chi connectivity index (χ1n) is 3.92. The zero-order valence-corrected chi connectivity index (χ0v) is 9.50. The summed E-state index contributed by atoms with van der Waals surface area (Å²) in [5.41, 5.74) is 0.703. The molecule has 0 aliphatic carbocycles. The zero-order valence-electron chi connectivity index (χ0n) is 7.91. The van der Waals surface area contributed by atoms with Gasteiger partial charge in [0.1, 0.15) is 5.75 Å². The summed E-state index contributed by atoms with van der Waals surface area (Å²) in [7, 11) is 2.89. The number of ether oxygens (including phenoxy) is 2.